The van der Waals surface area contributed by atoms with Gasteiger partial charge in [0.05, 0.1) is 17.9 Å². The third-order valence-corrected chi connectivity index (χ3v) is 2.51. The predicted molar refractivity (Wildman–Crippen MR) is 65.5 cm³/mol. The smallest absolute Gasteiger partial charge is 0.334 e. The Labute approximate surface area is 106 Å². The third kappa shape index (κ3) is 3.63. The van der Waals surface area contributed by atoms with Crippen molar-refractivity contribution in [3.63, 3.8) is 0 Å². The summed E-state index contributed by atoms with van der Waals surface area (Å²) in [4.78, 5) is 15.0. The lowest BCUT2D eigenvalue weighted by atomic mass is 10.2. The highest BCUT2D eigenvalue weighted by atomic mass is 16.5. The second-order valence-corrected chi connectivity index (χ2v) is 3.68. The predicted octanol–water partition coefficient (Wildman–Crippen LogP) is 0.508. The Balaban J connectivity index is 2.70. The van der Waals surface area contributed by atoms with Crippen molar-refractivity contribution in [3.05, 3.63) is 11.4 Å². The summed E-state index contributed by atoms with van der Waals surface area (Å²) in [5, 5.41) is 19.6. The van der Waals surface area contributed by atoms with E-state index in [9.17, 15) is 4.79 Å². The number of aliphatic carboxylic acids is 1. The highest BCUT2D eigenvalue weighted by Gasteiger charge is 2.16. The lowest BCUT2D eigenvalue weighted by Gasteiger charge is -2.12. The van der Waals surface area contributed by atoms with E-state index in [1.807, 2.05) is 13.8 Å². The van der Waals surface area contributed by atoms with Crippen molar-refractivity contribution in [3.8, 4) is 0 Å². The first-order valence-corrected chi connectivity index (χ1v) is 5.84. The molecule has 0 aliphatic rings. The van der Waals surface area contributed by atoms with E-state index in [4.69, 9.17) is 9.84 Å². The van der Waals surface area contributed by atoms with E-state index in [0.717, 1.165) is 24.2 Å². The standard InChI is InChI=1S/C11H18N4O3/c1-4-7-8(5-2)14-15-11(13-7)12-6-9(18-3)10(16)17/h9H,4-6H2,1-3H3,(H,16,17)(H,12,13,15). The molecule has 0 fully saturated rings. The van der Waals surface area contributed by atoms with Gasteiger partial charge in [-0.2, -0.15) is 5.10 Å². The lowest BCUT2D eigenvalue weighted by molar-refractivity contribution is -0.147. The summed E-state index contributed by atoms with van der Waals surface area (Å²) in [5.74, 6) is -0.703. The molecule has 0 radical (unpaired) electrons. The van der Waals surface area contributed by atoms with Crippen LogP contribution in [0.1, 0.15) is 25.2 Å². The highest BCUT2D eigenvalue weighted by Crippen LogP contribution is 2.06. The Hall–Kier alpha value is -1.76. The van der Waals surface area contributed by atoms with Crippen LogP contribution in [-0.4, -0.2) is 46.0 Å². The molecule has 1 rings (SSSR count). The Morgan fingerprint density at radius 1 is 1.33 bits per heavy atom. The molecule has 1 heterocycles. The number of rotatable bonds is 7. The van der Waals surface area contributed by atoms with Crippen molar-refractivity contribution in [2.75, 3.05) is 19.0 Å². The van der Waals surface area contributed by atoms with Gasteiger partial charge in [0.2, 0.25) is 5.95 Å². The maximum absolute atomic E-state index is 10.8. The molecule has 0 spiro atoms. The highest BCUT2D eigenvalue weighted by molar-refractivity contribution is 5.73. The molecule has 0 aliphatic heterocycles. The molecule has 0 saturated carbocycles. The number of carboxylic acid groups (broad SMARTS) is 1. The molecule has 0 bridgehead atoms. The number of carbonyl (C=O) groups is 1. The zero-order valence-electron chi connectivity index (χ0n) is 10.8. The molecule has 0 amide bonds. The van der Waals surface area contributed by atoms with Crippen molar-refractivity contribution >= 4 is 11.9 Å². The second kappa shape index (κ2) is 6.85. The fourth-order valence-electron chi connectivity index (χ4n) is 1.47. The monoisotopic (exact) mass is 254 g/mol. The van der Waals surface area contributed by atoms with Gasteiger partial charge in [-0.15, -0.1) is 5.10 Å². The fraction of sp³-hybridized carbons (Fsp3) is 0.636. The number of nitrogens with one attached hydrogen (secondary N) is 1. The molecule has 7 nitrogen and oxygen atoms in total. The molecule has 18 heavy (non-hydrogen) atoms. The number of anilines is 1. The van der Waals surface area contributed by atoms with Crippen LogP contribution in [0.25, 0.3) is 0 Å². The Kier molecular flexibility index (Phi) is 5.44. The van der Waals surface area contributed by atoms with Gasteiger partial charge in [0.1, 0.15) is 0 Å². The molecule has 7 heteroatoms. The van der Waals surface area contributed by atoms with Crippen molar-refractivity contribution in [1.29, 1.82) is 0 Å². The van der Waals surface area contributed by atoms with Crippen LogP contribution in [0, 0.1) is 0 Å². The topological polar surface area (TPSA) is 97.2 Å². The first-order chi connectivity index (χ1) is 8.62. The molecule has 2 N–H and O–H groups in total. The third-order valence-electron chi connectivity index (χ3n) is 2.51. The van der Waals surface area contributed by atoms with Crippen LogP contribution in [-0.2, 0) is 22.4 Å². The fourth-order valence-corrected chi connectivity index (χ4v) is 1.47. The Morgan fingerprint density at radius 3 is 2.50 bits per heavy atom. The van der Waals surface area contributed by atoms with Gasteiger partial charge in [-0.25, -0.2) is 9.78 Å². The number of hydrogen-bond donors (Lipinski definition) is 2. The summed E-state index contributed by atoms with van der Waals surface area (Å²) in [7, 11) is 1.34. The molecule has 1 unspecified atom stereocenters. The molecule has 100 valence electrons. The number of hydrogen-bond acceptors (Lipinski definition) is 6. The number of nitrogens with zero attached hydrogens (tertiary/aromatic N) is 3. The van der Waals surface area contributed by atoms with Crippen LogP contribution >= 0.6 is 0 Å². The van der Waals surface area contributed by atoms with Gasteiger partial charge < -0.3 is 15.2 Å². The number of aryl methyl sites for hydroxylation is 2. The molecule has 1 aromatic rings. The summed E-state index contributed by atoms with van der Waals surface area (Å²) in [5.41, 5.74) is 1.74. The normalized spacial score (nSPS) is 12.2. The second-order valence-electron chi connectivity index (χ2n) is 3.68. The van der Waals surface area contributed by atoms with Crippen LogP contribution < -0.4 is 5.32 Å². The van der Waals surface area contributed by atoms with Gasteiger partial charge >= 0.3 is 5.97 Å². The van der Waals surface area contributed by atoms with Gasteiger partial charge in [-0.1, -0.05) is 13.8 Å². The van der Waals surface area contributed by atoms with Crippen LogP contribution in [0.2, 0.25) is 0 Å². The largest absolute Gasteiger partial charge is 0.479 e. The van der Waals surface area contributed by atoms with E-state index in [1.54, 1.807) is 0 Å². The summed E-state index contributed by atoms with van der Waals surface area (Å²) < 4.78 is 4.80. The average molecular weight is 254 g/mol. The zero-order chi connectivity index (χ0) is 13.5. The van der Waals surface area contributed by atoms with E-state index in [1.165, 1.54) is 7.11 Å². The van der Waals surface area contributed by atoms with Gasteiger partial charge in [0, 0.05) is 7.11 Å². The zero-order valence-corrected chi connectivity index (χ0v) is 10.8. The maximum Gasteiger partial charge on any atom is 0.334 e. The minimum Gasteiger partial charge on any atom is -0.479 e. The average Bonchev–Trinajstić information content (AvgIpc) is 2.38. The minimum atomic E-state index is -1.03. The first-order valence-electron chi connectivity index (χ1n) is 5.84. The number of aromatic nitrogens is 3. The first kappa shape index (κ1) is 14.3. The van der Waals surface area contributed by atoms with Crippen LogP contribution in [0.15, 0.2) is 0 Å². The van der Waals surface area contributed by atoms with Gasteiger partial charge in [-0.3, -0.25) is 0 Å². The molecule has 1 aromatic heterocycles. The van der Waals surface area contributed by atoms with Crippen molar-refractivity contribution in [2.45, 2.75) is 32.8 Å². The lowest BCUT2D eigenvalue weighted by Crippen LogP contribution is -2.31. The van der Waals surface area contributed by atoms with E-state index >= 15 is 0 Å². The van der Waals surface area contributed by atoms with Crippen molar-refractivity contribution in [2.24, 2.45) is 0 Å². The summed E-state index contributed by atoms with van der Waals surface area (Å²) in [6.07, 6.45) is 0.615. The molecule has 0 aromatic carbocycles. The van der Waals surface area contributed by atoms with Crippen molar-refractivity contribution < 1.29 is 14.6 Å². The van der Waals surface area contributed by atoms with Crippen LogP contribution in [0.5, 0.6) is 0 Å². The van der Waals surface area contributed by atoms with Gasteiger partial charge in [-0.05, 0) is 12.8 Å². The van der Waals surface area contributed by atoms with Gasteiger partial charge in [0.25, 0.3) is 0 Å². The van der Waals surface area contributed by atoms with E-state index in [2.05, 4.69) is 20.5 Å². The number of carboxylic acids is 1. The van der Waals surface area contributed by atoms with E-state index < -0.39 is 12.1 Å². The molecular formula is C11H18N4O3. The maximum atomic E-state index is 10.8. The summed E-state index contributed by atoms with van der Waals surface area (Å²) in [6.45, 7) is 4.08. The van der Waals surface area contributed by atoms with Gasteiger partial charge in [0.15, 0.2) is 6.10 Å². The number of ether oxygens (including phenoxy) is 1. The van der Waals surface area contributed by atoms with Crippen LogP contribution in [0.4, 0.5) is 5.95 Å². The minimum absolute atomic E-state index is 0.0993. The van der Waals surface area contributed by atoms with Crippen molar-refractivity contribution in [1.82, 2.24) is 15.2 Å². The molecular weight excluding hydrogens is 236 g/mol. The summed E-state index contributed by atoms with van der Waals surface area (Å²) >= 11 is 0. The Bertz CT molecular complexity index is 411. The molecule has 0 aliphatic carbocycles. The molecule has 1 atom stereocenters. The van der Waals surface area contributed by atoms with Crippen LogP contribution in [0.3, 0.4) is 0 Å². The SMILES string of the molecule is CCc1nnc(NCC(OC)C(=O)O)nc1CC. The van der Waals surface area contributed by atoms with E-state index in [-0.39, 0.29) is 6.54 Å². The molecule has 0 saturated heterocycles. The van der Waals surface area contributed by atoms with E-state index in [0.29, 0.717) is 5.95 Å². The quantitative estimate of drug-likeness (QED) is 0.731. The number of methoxy groups -OCH3 is 1. The Morgan fingerprint density at radius 2 is 2.00 bits per heavy atom. The summed E-state index contributed by atoms with van der Waals surface area (Å²) in [6, 6.07) is 0.